The van der Waals surface area contributed by atoms with Crippen LogP contribution in [0, 0.1) is 0 Å². The highest BCUT2D eigenvalue weighted by Crippen LogP contribution is 2.30. The third-order valence-corrected chi connectivity index (χ3v) is 4.67. The van der Waals surface area contributed by atoms with Gasteiger partial charge in [0.05, 0.1) is 16.8 Å². The molecule has 0 atom stereocenters. The fourth-order valence-corrected chi connectivity index (χ4v) is 3.36. The van der Waals surface area contributed by atoms with Gasteiger partial charge in [-0.15, -0.1) is 0 Å². The number of nitrogens with zero attached hydrogens (tertiary/aromatic N) is 2. The topological polar surface area (TPSA) is 104 Å². The molecule has 0 aliphatic heterocycles. The molecule has 1 amide bonds. The first kappa shape index (κ1) is 17.4. The average molecular weight is 363 g/mol. The van der Waals surface area contributed by atoms with Gasteiger partial charge in [0.1, 0.15) is 10.7 Å². The number of carbonyl (C=O) groups excluding carboxylic acids is 1. The van der Waals surface area contributed by atoms with E-state index in [0.29, 0.717) is 27.4 Å². The number of nitrogens with one attached hydrogen (secondary N) is 2. The maximum Gasteiger partial charge on any atom is 0.404 e. The van der Waals surface area contributed by atoms with Gasteiger partial charge in [-0.25, -0.2) is 9.78 Å². The van der Waals surface area contributed by atoms with Crippen LogP contribution >= 0.6 is 11.6 Å². The minimum absolute atomic E-state index is 0.0235. The van der Waals surface area contributed by atoms with Crippen LogP contribution in [0.4, 0.5) is 10.5 Å². The zero-order valence-corrected chi connectivity index (χ0v) is 14.5. The van der Waals surface area contributed by atoms with Gasteiger partial charge in [0.25, 0.3) is 0 Å². The number of aromatic nitrogens is 2. The number of carboxylic acid groups (broad SMARTS) is 1. The first-order valence-corrected chi connectivity index (χ1v) is 8.54. The lowest BCUT2D eigenvalue weighted by Crippen LogP contribution is -2.39. The molecule has 1 aliphatic rings. The lowest BCUT2D eigenvalue weighted by Gasteiger charge is -2.30. The minimum Gasteiger partial charge on any atom is -0.465 e. The van der Waals surface area contributed by atoms with Gasteiger partial charge in [0.15, 0.2) is 5.78 Å². The Morgan fingerprint density at radius 3 is 2.52 bits per heavy atom. The monoisotopic (exact) mass is 362 g/mol. The molecular formula is C17H19ClN4O3. The predicted octanol–water partition coefficient (Wildman–Crippen LogP) is 3.48. The van der Waals surface area contributed by atoms with Crippen LogP contribution < -0.4 is 10.6 Å². The summed E-state index contributed by atoms with van der Waals surface area (Å²) in [6, 6.07) is 3.55. The van der Waals surface area contributed by atoms with Crippen molar-refractivity contribution in [2.75, 3.05) is 5.32 Å². The molecule has 0 spiro atoms. The zero-order valence-electron chi connectivity index (χ0n) is 13.8. The summed E-state index contributed by atoms with van der Waals surface area (Å²) in [5.74, 6) is -0.0973. The molecule has 3 N–H and O–H groups in total. The van der Waals surface area contributed by atoms with Crippen LogP contribution in [0.15, 0.2) is 18.3 Å². The molecule has 8 heteroatoms. The third kappa shape index (κ3) is 3.99. The van der Waals surface area contributed by atoms with Gasteiger partial charge in [-0.3, -0.25) is 9.78 Å². The Hall–Kier alpha value is -2.41. The Balaban J connectivity index is 1.85. The van der Waals surface area contributed by atoms with Crippen molar-refractivity contribution in [3.8, 4) is 0 Å². The average Bonchev–Trinajstić information content (AvgIpc) is 2.56. The molecule has 0 bridgehead atoms. The molecule has 0 aromatic carbocycles. The Labute approximate surface area is 149 Å². The normalized spacial score (nSPS) is 20.2. The Bertz CT molecular complexity index is 819. The summed E-state index contributed by atoms with van der Waals surface area (Å²) in [7, 11) is 0. The number of Topliss-reactive ketones (excluding diaryl/α,β-unsaturated/α-hetero) is 1. The summed E-state index contributed by atoms with van der Waals surface area (Å²) in [5.41, 5.74) is 2.37. The maximum absolute atomic E-state index is 12.0. The van der Waals surface area contributed by atoms with E-state index < -0.39 is 6.09 Å². The molecule has 0 radical (unpaired) electrons. The van der Waals surface area contributed by atoms with Crippen molar-refractivity contribution in [1.82, 2.24) is 15.3 Å². The smallest absolute Gasteiger partial charge is 0.404 e. The number of fused-ring (bicyclic) bond motifs is 1. The van der Waals surface area contributed by atoms with Crippen molar-refractivity contribution in [2.45, 2.75) is 44.7 Å². The van der Waals surface area contributed by atoms with Crippen molar-refractivity contribution in [3.05, 3.63) is 29.0 Å². The molecule has 3 rings (SSSR count). The van der Waals surface area contributed by atoms with E-state index in [4.69, 9.17) is 16.7 Å². The van der Waals surface area contributed by atoms with Crippen LogP contribution in [0.2, 0.25) is 5.15 Å². The summed E-state index contributed by atoms with van der Waals surface area (Å²) in [5, 5.41) is 15.1. The van der Waals surface area contributed by atoms with Crippen LogP contribution in [0.25, 0.3) is 11.0 Å². The second kappa shape index (κ2) is 7.23. The van der Waals surface area contributed by atoms with Crippen molar-refractivity contribution in [2.24, 2.45) is 0 Å². The van der Waals surface area contributed by atoms with Gasteiger partial charge in [-0.1, -0.05) is 11.6 Å². The molecule has 2 aromatic heterocycles. The largest absolute Gasteiger partial charge is 0.465 e. The Morgan fingerprint density at radius 1 is 1.20 bits per heavy atom. The molecule has 0 unspecified atom stereocenters. The lowest BCUT2D eigenvalue weighted by molar-refractivity contribution is 0.101. The molecular weight excluding hydrogens is 344 g/mol. The van der Waals surface area contributed by atoms with E-state index in [0.717, 1.165) is 25.7 Å². The first-order chi connectivity index (χ1) is 11.9. The van der Waals surface area contributed by atoms with E-state index in [-0.39, 0.29) is 17.9 Å². The molecule has 1 aliphatic carbocycles. The van der Waals surface area contributed by atoms with Gasteiger partial charge in [-0.2, -0.15) is 0 Å². The standard InChI is InChI=1S/C17H19ClN4O3/c1-9(23)12-8-19-13-6-7-14(18)22-16(13)15(12)20-10-2-4-11(5-3-10)21-17(24)25/h6-8,10-11,21H,2-5H2,1H3,(H,19,20)(H,24,25)/t10-,11-. The highest BCUT2D eigenvalue weighted by Gasteiger charge is 2.24. The van der Waals surface area contributed by atoms with Crippen LogP contribution in [0.3, 0.4) is 0 Å². The van der Waals surface area contributed by atoms with E-state index in [9.17, 15) is 9.59 Å². The number of pyridine rings is 2. The molecule has 1 fully saturated rings. The molecule has 2 aromatic rings. The summed E-state index contributed by atoms with van der Waals surface area (Å²) < 4.78 is 0. The first-order valence-electron chi connectivity index (χ1n) is 8.16. The van der Waals surface area contributed by atoms with Crippen LogP contribution in [0.1, 0.15) is 43.0 Å². The van der Waals surface area contributed by atoms with Gasteiger partial charge < -0.3 is 15.7 Å². The van der Waals surface area contributed by atoms with Gasteiger partial charge in [0, 0.05) is 18.3 Å². The van der Waals surface area contributed by atoms with Crippen molar-refractivity contribution in [3.63, 3.8) is 0 Å². The van der Waals surface area contributed by atoms with E-state index in [1.54, 1.807) is 18.3 Å². The van der Waals surface area contributed by atoms with Crippen molar-refractivity contribution in [1.29, 1.82) is 0 Å². The van der Waals surface area contributed by atoms with Gasteiger partial charge in [-0.05, 0) is 44.7 Å². The van der Waals surface area contributed by atoms with E-state index >= 15 is 0 Å². The molecule has 132 valence electrons. The van der Waals surface area contributed by atoms with Crippen LogP contribution in [0.5, 0.6) is 0 Å². The lowest BCUT2D eigenvalue weighted by atomic mass is 9.91. The van der Waals surface area contributed by atoms with Crippen molar-refractivity contribution < 1.29 is 14.7 Å². The second-order valence-electron chi connectivity index (χ2n) is 6.25. The number of amides is 1. The number of anilines is 1. The minimum atomic E-state index is -0.991. The molecule has 0 saturated heterocycles. The fraction of sp³-hybridized carbons (Fsp3) is 0.412. The summed E-state index contributed by atoms with van der Waals surface area (Å²) in [6.45, 7) is 1.49. The SMILES string of the molecule is CC(=O)c1cnc2ccc(Cl)nc2c1N[C@H]1CC[C@H](NC(=O)O)CC1. The fourth-order valence-electron chi connectivity index (χ4n) is 3.22. The van der Waals surface area contributed by atoms with Crippen LogP contribution in [-0.2, 0) is 0 Å². The van der Waals surface area contributed by atoms with Gasteiger partial charge >= 0.3 is 6.09 Å². The molecule has 2 heterocycles. The second-order valence-corrected chi connectivity index (χ2v) is 6.63. The van der Waals surface area contributed by atoms with Crippen LogP contribution in [-0.4, -0.2) is 39.0 Å². The van der Waals surface area contributed by atoms with E-state index in [1.807, 2.05) is 0 Å². The summed E-state index contributed by atoms with van der Waals surface area (Å²) in [6.07, 6.45) is 3.65. The predicted molar refractivity (Wildman–Crippen MR) is 95.4 cm³/mol. The third-order valence-electron chi connectivity index (χ3n) is 4.46. The van der Waals surface area contributed by atoms with E-state index in [2.05, 4.69) is 20.6 Å². The number of halogens is 1. The number of hydrogen-bond donors (Lipinski definition) is 3. The highest BCUT2D eigenvalue weighted by atomic mass is 35.5. The van der Waals surface area contributed by atoms with Gasteiger partial charge in [0.2, 0.25) is 0 Å². The Morgan fingerprint density at radius 2 is 1.88 bits per heavy atom. The molecule has 25 heavy (non-hydrogen) atoms. The van der Waals surface area contributed by atoms with Crippen molar-refractivity contribution >= 4 is 40.2 Å². The summed E-state index contributed by atoms with van der Waals surface area (Å²) in [4.78, 5) is 31.4. The number of hydrogen-bond acceptors (Lipinski definition) is 5. The molecule has 1 saturated carbocycles. The maximum atomic E-state index is 12.0. The quantitative estimate of drug-likeness (QED) is 0.568. The molecule has 7 nitrogen and oxygen atoms in total. The van der Waals surface area contributed by atoms with E-state index in [1.165, 1.54) is 6.92 Å². The zero-order chi connectivity index (χ0) is 18.0. The summed E-state index contributed by atoms with van der Waals surface area (Å²) >= 11 is 6.02. The number of ketones is 1. The number of rotatable bonds is 4. The Kier molecular flexibility index (Phi) is 5.03. The highest BCUT2D eigenvalue weighted by molar-refractivity contribution is 6.30. The number of carbonyl (C=O) groups is 2.